The summed E-state index contributed by atoms with van der Waals surface area (Å²) in [5, 5.41) is 0. The van der Waals surface area contributed by atoms with E-state index in [0.29, 0.717) is 30.4 Å². The molecule has 0 N–H and O–H groups in total. The summed E-state index contributed by atoms with van der Waals surface area (Å²) < 4.78 is 5.40. The lowest BCUT2D eigenvalue weighted by Crippen LogP contribution is -2.23. The second-order valence-corrected chi connectivity index (χ2v) is 4.46. The molecule has 0 heterocycles. The Balaban J connectivity index is 2.05. The average molecular weight is 256 g/mol. The highest BCUT2D eigenvalue weighted by Gasteiger charge is 2.22. The number of carbonyl (C=O) groups excluding carboxylic acids is 2. The molecular formula is C16H16O3. The topological polar surface area (TPSA) is 43.4 Å². The molecule has 3 nitrogen and oxygen atoms in total. The van der Waals surface area contributed by atoms with Gasteiger partial charge in [0.25, 0.3) is 0 Å². The minimum Gasteiger partial charge on any atom is -0.455 e. The smallest absolute Gasteiger partial charge is 0.338 e. The standard InChI is InChI=1S/C16H16O3/c1-2-6-13-11-14(9-10-15(13)17)19-16(18)12-7-4-3-5-8-12/h2-5,7-8,11,14H,1,6,9-10H2. The van der Waals surface area contributed by atoms with Crippen LogP contribution >= 0.6 is 0 Å². The highest BCUT2D eigenvalue weighted by Crippen LogP contribution is 2.21. The van der Waals surface area contributed by atoms with E-state index in [1.807, 2.05) is 6.07 Å². The molecule has 1 unspecified atom stereocenters. The molecular weight excluding hydrogens is 240 g/mol. The van der Waals surface area contributed by atoms with E-state index in [1.165, 1.54) is 0 Å². The second kappa shape index (κ2) is 6.14. The summed E-state index contributed by atoms with van der Waals surface area (Å²) in [6, 6.07) is 8.85. The molecule has 98 valence electrons. The van der Waals surface area contributed by atoms with Crippen LogP contribution in [0.2, 0.25) is 0 Å². The summed E-state index contributed by atoms with van der Waals surface area (Å²) in [5.41, 5.74) is 1.21. The number of hydrogen-bond donors (Lipinski definition) is 0. The van der Waals surface area contributed by atoms with Gasteiger partial charge < -0.3 is 4.74 Å². The Kier molecular flexibility index (Phi) is 4.29. The van der Waals surface area contributed by atoms with Crippen LogP contribution < -0.4 is 0 Å². The van der Waals surface area contributed by atoms with Crippen LogP contribution in [0, 0.1) is 0 Å². The Bertz CT molecular complexity index is 514. The maximum Gasteiger partial charge on any atom is 0.338 e. The highest BCUT2D eigenvalue weighted by atomic mass is 16.5. The predicted octanol–water partition coefficient (Wildman–Crippen LogP) is 3.08. The summed E-state index contributed by atoms with van der Waals surface area (Å²) in [5.74, 6) is -0.235. The Morgan fingerprint density at radius 3 is 2.79 bits per heavy atom. The van der Waals surface area contributed by atoms with Gasteiger partial charge in [-0.1, -0.05) is 24.3 Å². The first-order chi connectivity index (χ1) is 9.20. The van der Waals surface area contributed by atoms with Crippen LogP contribution in [0.25, 0.3) is 0 Å². The minimum atomic E-state index is -0.353. The number of benzene rings is 1. The zero-order valence-electron chi connectivity index (χ0n) is 10.7. The molecule has 1 aromatic carbocycles. The van der Waals surface area contributed by atoms with Gasteiger partial charge in [-0.2, -0.15) is 0 Å². The van der Waals surface area contributed by atoms with Crippen LogP contribution in [0.3, 0.4) is 0 Å². The summed E-state index contributed by atoms with van der Waals surface area (Å²) in [6.07, 6.45) is 4.61. The third-order valence-corrected chi connectivity index (χ3v) is 3.03. The zero-order chi connectivity index (χ0) is 13.7. The van der Waals surface area contributed by atoms with E-state index in [-0.39, 0.29) is 17.9 Å². The summed E-state index contributed by atoms with van der Waals surface area (Å²) in [7, 11) is 0. The Morgan fingerprint density at radius 1 is 1.37 bits per heavy atom. The second-order valence-electron chi connectivity index (χ2n) is 4.46. The van der Waals surface area contributed by atoms with E-state index < -0.39 is 0 Å². The SMILES string of the molecule is C=CCC1=CC(OC(=O)c2ccccc2)CCC1=O. The van der Waals surface area contributed by atoms with E-state index in [9.17, 15) is 9.59 Å². The molecule has 0 saturated carbocycles. The van der Waals surface area contributed by atoms with Gasteiger partial charge in [0.05, 0.1) is 5.56 Å². The lowest BCUT2D eigenvalue weighted by Gasteiger charge is -2.20. The number of rotatable bonds is 4. The van der Waals surface area contributed by atoms with Crippen LogP contribution in [-0.2, 0) is 9.53 Å². The van der Waals surface area contributed by atoms with E-state index in [2.05, 4.69) is 6.58 Å². The van der Waals surface area contributed by atoms with Gasteiger partial charge in [-0.15, -0.1) is 6.58 Å². The molecule has 3 heteroatoms. The number of Topliss-reactive ketones (excluding diaryl/α,β-unsaturated/α-hetero) is 1. The quantitative estimate of drug-likeness (QED) is 0.614. The predicted molar refractivity (Wildman–Crippen MR) is 72.8 cm³/mol. The molecule has 0 bridgehead atoms. The highest BCUT2D eigenvalue weighted by molar-refractivity contribution is 5.96. The third kappa shape index (κ3) is 3.41. The van der Waals surface area contributed by atoms with Gasteiger partial charge >= 0.3 is 5.97 Å². The van der Waals surface area contributed by atoms with Crippen LogP contribution in [0.1, 0.15) is 29.6 Å². The largest absolute Gasteiger partial charge is 0.455 e. The molecule has 0 amide bonds. The van der Waals surface area contributed by atoms with Crippen molar-refractivity contribution in [3.63, 3.8) is 0 Å². The van der Waals surface area contributed by atoms with Crippen molar-refractivity contribution in [2.45, 2.75) is 25.4 Å². The fourth-order valence-corrected chi connectivity index (χ4v) is 2.04. The molecule has 0 aliphatic heterocycles. The van der Waals surface area contributed by atoms with Crippen molar-refractivity contribution in [3.8, 4) is 0 Å². The number of ether oxygens (including phenoxy) is 1. The number of carbonyl (C=O) groups is 2. The first-order valence-electron chi connectivity index (χ1n) is 6.31. The van der Waals surface area contributed by atoms with E-state index in [4.69, 9.17) is 4.74 Å². The average Bonchev–Trinajstić information content (AvgIpc) is 2.44. The molecule has 2 rings (SSSR count). The van der Waals surface area contributed by atoms with Crippen LogP contribution in [-0.4, -0.2) is 17.9 Å². The number of allylic oxidation sites excluding steroid dienone is 2. The van der Waals surface area contributed by atoms with Crippen molar-refractivity contribution < 1.29 is 14.3 Å². The van der Waals surface area contributed by atoms with Gasteiger partial charge in [0, 0.05) is 6.42 Å². The fourth-order valence-electron chi connectivity index (χ4n) is 2.04. The normalized spacial score (nSPS) is 18.6. The van der Waals surface area contributed by atoms with Gasteiger partial charge in [0.15, 0.2) is 5.78 Å². The Labute approximate surface area is 112 Å². The third-order valence-electron chi connectivity index (χ3n) is 3.03. The van der Waals surface area contributed by atoms with E-state index in [0.717, 1.165) is 0 Å². The monoisotopic (exact) mass is 256 g/mol. The first-order valence-corrected chi connectivity index (χ1v) is 6.31. The maximum absolute atomic E-state index is 11.9. The lowest BCUT2D eigenvalue weighted by atomic mass is 9.94. The zero-order valence-corrected chi connectivity index (χ0v) is 10.7. The summed E-state index contributed by atoms with van der Waals surface area (Å²) in [4.78, 5) is 23.5. The molecule has 19 heavy (non-hydrogen) atoms. The Morgan fingerprint density at radius 2 is 2.11 bits per heavy atom. The van der Waals surface area contributed by atoms with Crippen molar-refractivity contribution in [1.82, 2.24) is 0 Å². The van der Waals surface area contributed by atoms with Crippen LogP contribution in [0.15, 0.2) is 54.6 Å². The van der Waals surface area contributed by atoms with E-state index >= 15 is 0 Å². The molecule has 0 saturated heterocycles. The van der Waals surface area contributed by atoms with Gasteiger partial charge in [0.2, 0.25) is 0 Å². The van der Waals surface area contributed by atoms with Gasteiger partial charge in [-0.3, -0.25) is 4.79 Å². The molecule has 1 atom stereocenters. The van der Waals surface area contributed by atoms with Crippen LogP contribution in [0.5, 0.6) is 0 Å². The number of hydrogen-bond acceptors (Lipinski definition) is 3. The van der Waals surface area contributed by atoms with Gasteiger partial charge in [-0.25, -0.2) is 4.79 Å². The Hall–Kier alpha value is -2.16. The van der Waals surface area contributed by atoms with Crippen molar-refractivity contribution in [2.75, 3.05) is 0 Å². The van der Waals surface area contributed by atoms with Crippen molar-refractivity contribution in [3.05, 3.63) is 60.2 Å². The van der Waals surface area contributed by atoms with E-state index in [1.54, 1.807) is 36.4 Å². The number of esters is 1. The molecule has 0 radical (unpaired) electrons. The minimum absolute atomic E-state index is 0.118. The van der Waals surface area contributed by atoms with Gasteiger partial charge in [-0.05, 0) is 36.6 Å². The van der Waals surface area contributed by atoms with Crippen molar-refractivity contribution in [2.24, 2.45) is 0 Å². The maximum atomic E-state index is 11.9. The molecule has 1 aromatic rings. The molecule has 0 aromatic heterocycles. The molecule has 1 aliphatic carbocycles. The number of ketones is 1. The lowest BCUT2D eigenvalue weighted by molar-refractivity contribution is -0.116. The first kappa shape index (κ1) is 13.3. The van der Waals surface area contributed by atoms with Gasteiger partial charge in [0.1, 0.15) is 6.10 Å². The van der Waals surface area contributed by atoms with Crippen molar-refractivity contribution in [1.29, 1.82) is 0 Å². The van der Waals surface area contributed by atoms with Crippen molar-refractivity contribution >= 4 is 11.8 Å². The summed E-state index contributed by atoms with van der Waals surface area (Å²) >= 11 is 0. The van der Waals surface area contributed by atoms with Crippen LogP contribution in [0.4, 0.5) is 0 Å². The fraction of sp³-hybridized carbons (Fsp3) is 0.250. The summed E-state index contributed by atoms with van der Waals surface area (Å²) in [6.45, 7) is 3.62. The molecule has 0 spiro atoms. The molecule has 1 aliphatic rings. The molecule has 0 fully saturated rings.